The van der Waals surface area contributed by atoms with Crippen molar-refractivity contribution < 1.29 is 4.79 Å². The van der Waals surface area contributed by atoms with Crippen LogP contribution < -0.4 is 15.5 Å². The Balaban J connectivity index is 1.37. The number of benzene rings is 1. The van der Waals surface area contributed by atoms with Gasteiger partial charge in [-0.05, 0) is 30.3 Å². The molecule has 30 heavy (non-hydrogen) atoms. The number of aromatic nitrogens is 5. The summed E-state index contributed by atoms with van der Waals surface area (Å²) in [6.45, 7) is 3.59. The minimum atomic E-state index is -0.279. The maximum Gasteiger partial charge on any atom is 0.276 e. The number of rotatable bonds is 4. The average Bonchev–Trinajstić information content (AvgIpc) is 3.30. The van der Waals surface area contributed by atoms with Crippen molar-refractivity contribution in [3.63, 3.8) is 0 Å². The maximum atomic E-state index is 12.8. The summed E-state index contributed by atoms with van der Waals surface area (Å²) in [7, 11) is 0. The SMILES string of the molecule is O=C(Nc1cnccc1N1CCNCC1)c1ccn(-c2ccc3nccnc3c2)n1. The van der Waals surface area contributed by atoms with Crippen LogP contribution in [0.1, 0.15) is 10.5 Å². The topological polar surface area (TPSA) is 101 Å². The van der Waals surface area contributed by atoms with Gasteiger partial charge in [0, 0.05) is 51.0 Å². The fraction of sp³-hybridized carbons (Fsp3) is 0.190. The fourth-order valence-corrected chi connectivity index (χ4v) is 3.53. The number of fused-ring (bicyclic) bond motifs is 1. The second kappa shape index (κ2) is 7.88. The second-order valence-electron chi connectivity index (χ2n) is 6.96. The Bertz CT molecular complexity index is 1200. The van der Waals surface area contributed by atoms with Crippen molar-refractivity contribution >= 4 is 28.3 Å². The van der Waals surface area contributed by atoms with Crippen LogP contribution >= 0.6 is 0 Å². The lowest BCUT2D eigenvalue weighted by Gasteiger charge is -2.30. The zero-order valence-electron chi connectivity index (χ0n) is 16.2. The molecule has 150 valence electrons. The maximum absolute atomic E-state index is 12.8. The van der Waals surface area contributed by atoms with Crippen molar-refractivity contribution in [3.05, 3.63) is 67.0 Å². The molecule has 0 radical (unpaired) electrons. The molecule has 0 bridgehead atoms. The van der Waals surface area contributed by atoms with Crippen LogP contribution in [0, 0.1) is 0 Å². The van der Waals surface area contributed by atoms with Crippen LogP contribution in [0.25, 0.3) is 16.7 Å². The van der Waals surface area contributed by atoms with Gasteiger partial charge in [-0.1, -0.05) is 0 Å². The molecule has 1 aromatic carbocycles. The third-order valence-corrected chi connectivity index (χ3v) is 5.04. The molecule has 1 aliphatic rings. The summed E-state index contributed by atoms with van der Waals surface area (Å²) in [6.07, 6.45) is 8.48. The Hall–Kier alpha value is -3.85. The number of piperazine rings is 1. The summed E-state index contributed by atoms with van der Waals surface area (Å²) in [4.78, 5) is 27.8. The summed E-state index contributed by atoms with van der Waals surface area (Å²) in [6, 6.07) is 9.29. The highest BCUT2D eigenvalue weighted by molar-refractivity contribution is 6.04. The second-order valence-corrected chi connectivity index (χ2v) is 6.96. The number of carbonyl (C=O) groups is 1. The van der Waals surface area contributed by atoms with Crippen molar-refractivity contribution in [2.45, 2.75) is 0 Å². The van der Waals surface area contributed by atoms with Crippen molar-refractivity contribution in [2.75, 3.05) is 36.4 Å². The lowest BCUT2D eigenvalue weighted by atomic mass is 10.2. The van der Waals surface area contributed by atoms with Crippen LogP contribution in [0.4, 0.5) is 11.4 Å². The van der Waals surface area contributed by atoms with Gasteiger partial charge in [0.1, 0.15) is 0 Å². The van der Waals surface area contributed by atoms with E-state index in [0.29, 0.717) is 11.4 Å². The zero-order chi connectivity index (χ0) is 20.3. The number of anilines is 2. The smallest absolute Gasteiger partial charge is 0.276 e. The fourth-order valence-electron chi connectivity index (χ4n) is 3.53. The van der Waals surface area contributed by atoms with Crippen molar-refractivity contribution in [1.82, 2.24) is 30.0 Å². The van der Waals surface area contributed by atoms with E-state index >= 15 is 0 Å². The Morgan fingerprint density at radius 2 is 1.83 bits per heavy atom. The van der Waals surface area contributed by atoms with E-state index in [0.717, 1.165) is 48.6 Å². The van der Waals surface area contributed by atoms with E-state index in [4.69, 9.17) is 0 Å². The highest BCUT2D eigenvalue weighted by atomic mass is 16.2. The number of amides is 1. The molecule has 9 heteroatoms. The predicted molar refractivity (Wildman–Crippen MR) is 114 cm³/mol. The molecule has 4 heterocycles. The Morgan fingerprint density at radius 1 is 1.00 bits per heavy atom. The third kappa shape index (κ3) is 3.58. The number of nitrogens with one attached hydrogen (secondary N) is 2. The van der Waals surface area contributed by atoms with Gasteiger partial charge in [-0.15, -0.1) is 0 Å². The Kier molecular flexibility index (Phi) is 4.78. The van der Waals surface area contributed by atoms with E-state index in [1.807, 2.05) is 24.3 Å². The molecule has 2 N–H and O–H groups in total. The van der Waals surface area contributed by atoms with Crippen molar-refractivity contribution in [3.8, 4) is 5.69 Å². The summed E-state index contributed by atoms with van der Waals surface area (Å²) in [5.41, 5.74) is 4.36. The molecule has 9 nitrogen and oxygen atoms in total. The lowest BCUT2D eigenvalue weighted by Crippen LogP contribution is -2.43. The lowest BCUT2D eigenvalue weighted by molar-refractivity contribution is 0.102. The van der Waals surface area contributed by atoms with Gasteiger partial charge in [0.15, 0.2) is 5.69 Å². The molecule has 1 saturated heterocycles. The molecule has 0 saturated carbocycles. The Morgan fingerprint density at radius 3 is 2.70 bits per heavy atom. The molecule has 4 aromatic rings. The largest absolute Gasteiger partial charge is 0.367 e. The van der Waals surface area contributed by atoms with Gasteiger partial charge in [-0.25, -0.2) is 4.68 Å². The summed E-state index contributed by atoms with van der Waals surface area (Å²) >= 11 is 0. The van der Waals surface area contributed by atoms with Crippen LogP contribution in [0.5, 0.6) is 0 Å². The molecular weight excluding hydrogens is 380 g/mol. The zero-order valence-corrected chi connectivity index (χ0v) is 16.2. The first-order valence-corrected chi connectivity index (χ1v) is 9.76. The van der Waals surface area contributed by atoms with Gasteiger partial charge in [-0.2, -0.15) is 5.10 Å². The normalized spacial score (nSPS) is 14.1. The standard InChI is InChI=1S/C21H20N8O/c30-21(26-19-14-23-5-3-20(19)28-11-8-22-9-12-28)17-4-10-29(27-17)15-1-2-16-18(13-15)25-7-6-24-16/h1-7,10,13-14,22H,8-9,11-12H2,(H,26,30). The molecule has 5 rings (SSSR count). The highest BCUT2D eigenvalue weighted by Gasteiger charge is 2.17. The highest BCUT2D eigenvalue weighted by Crippen LogP contribution is 2.25. The quantitative estimate of drug-likeness (QED) is 0.539. The molecule has 1 aliphatic heterocycles. The number of nitrogens with zero attached hydrogens (tertiary/aromatic N) is 6. The predicted octanol–water partition coefficient (Wildman–Crippen LogP) is 1.87. The van der Waals surface area contributed by atoms with Crippen LogP contribution in [-0.2, 0) is 0 Å². The van der Waals surface area contributed by atoms with Gasteiger partial charge < -0.3 is 15.5 Å². The molecule has 0 aliphatic carbocycles. The molecule has 1 fully saturated rings. The van der Waals surface area contributed by atoms with Crippen LogP contribution in [0.3, 0.4) is 0 Å². The van der Waals surface area contributed by atoms with E-state index in [1.165, 1.54) is 0 Å². The number of pyridine rings is 1. The van der Waals surface area contributed by atoms with Crippen LogP contribution in [0.15, 0.2) is 61.3 Å². The summed E-state index contributed by atoms with van der Waals surface area (Å²) in [5, 5.41) is 10.7. The van der Waals surface area contributed by atoms with E-state index in [9.17, 15) is 4.79 Å². The molecule has 1 amide bonds. The minimum Gasteiger partial charge on any atom is -0.367 e. The molecular formula is C21H20N8O. The van der Waals surface area contributed by atoms with E-state index in [2.05, 4.69) is 35.6 Å². The molecule has 3 aromatic heterocycles. The first-order valence-electron chi connectivity index (χ1n) is 9.76. The summed E-state index contributed by atoms with van der Waals surface area (Å²) in [5.74, 6) is -0.279. The van der Waals surface area contributed by atoms with E-state index < -0.39 is 0 Å². The third-order valence-electron chi connectivity index (χ3n) is 5.04. The van der Waals surface area contributed by atoms with Crippen molar-refractivity contribution in [1.29, 1.82) is 0 Å². The average molecular weight is 400 g/mol. The Labute approximate surface area is 172 Å². The first kappa shape index (κ1) is 18.2. The molecule has 0 unspecified atom stereocenters. The summed E-state index contributed by atoms with van der Waals surface area (Å²) < 4.78 is 1.66. The van der Waals surface area contributed by atoms with Crippen LogP contribution in [0.2, 0.25) is 0 Å². The first-order chi connectivity index (χ1) is 14.8. The van der Waals surface area contributed by atoms with Gasteiger partial charge >= 0.3 is 0 Å². The van der Waals surface area contributed by atoms with Crippen molar-refractivity contribution in [2.24, 2.45) is 0 Å². The van der Waals surface area contributed by atoms with Crippen LogP contribution in [-0.4, -0.2) is 56.8 Å². The number of carbonyl (C=O) groups excluding carboxylic acids is 1. The monoisotopic (exact) mass is 400 g/mol. The molecule has 0 atom stereocenters. The van der Waals surface area contributed by atoms with Gasteiger partial charge in [0.05, 0.1) is 34.3 Å². The minimum absolute atomic E-state index is 0.279. The van der Waals surface area contributed by atoms with Gasteiger partial charge in [0.25, 0.3) is 5.91 Å². The van der Waals surface area contributed by atoms with E-state index in [-0.39, 0.29) is 5.91 Å². The molecule has 0 spiro atoms. The van der Waals surface area contributed by atoms with E-state index in [1.54, 1.807) is 41.7 Å². The number of hydrogen-bond acceptors (Lipinski definition) is 7. The van der Waals surface area contributed by atoms with Gasteiger partial charge in [-0.3, -0.25) is 19.7 Å². The number of hydrogen-bond donors (Lipinski definition) is 2. The van der Waals surface area contributed by atoms with Gasteiger partial charge in [0.2, 0.25) is 0 Å².